The van der Waals surface area contributed by atoms with Crippen molar-refractivity contribution in [2.75, 3.05) is 29.5 Å². The molecule has 0 saturated carbocycles. The zero-order valence-corrected chi connectivity index (χ0v) is 10.4. The third-order valence-electron chi connectivity index (χ3n) is 2.53. The van der Waals surface area contributed by atoms with Crippen LogP contribution in [-0.2, 0) is 0 Å². The Morgan fingerprint density at radius 3 is 3.20 bits per heavy atom. The predicted octanol–water partition coefficient (Wildman–Crippen LogP) is 2.75. The fourth-order valence-corrected chi connectivity index (χ4v) is 3.53. The third-order valence-corrected chi connectivity index (χ3v) is 4.65. The molecule has 0 spiro atoms. The van der Waals surface area contributed by atoms with Crippen LogP contribution in [0.15, 0.2) is 11.4 Å². The Labute approximate surface area is 98.7 Å². The van der Waals surface area contributed by atoms with Crippen LogP contribution >= 0.6 is 23.1 Å². The van der Waals surface area contributed by atoms with Crippen LogP contribution in [0, 0.1) is 5.92 Å². The SMILES string of the molecule is CC1CSCCN(c2csc(C=O)c2)C1. The Bertz CT molecular complexity index is 337. The van der Waals surface area contributed by atoms with Gasteiger partial charge in [-0.05, 0) is 17.7 Å². The molecule has 1 aromatic rings. The van der Waals surface area contributed by atoms with E-state index in [-0.39, 0.29) is 0 Å². The summed E-state index contributed by atoms with van der Waals surface area (Å²) in [5, 5.41) is 2.09. The first kappa shape index (κ1) is 11.0. The van der Waals surface area contributed by atoms with E-state index < -0.39 is 0 Å². The average molecular weight is 241 g/mol. The van der Waals surface area contributed by atoms with Gasteiger partial charge < -0.3 is 4.90 Å². The van der Waals surface area contributed by atoms with E-state index in [4.69, 9.17) is 0 Å². The molecule has 4 heteroatoms. The van der Waals surface area contributed by atoms with Crippen LogP contribution in [0.5, 0.6) is 0 Å². The second-order valence-corrected chi connectivity index (χ2v) is 6.04. The molecular weight excluding hydrogens is 226 g/mol. The summed E-state index contributed by atoms with van der Waals surface area (Å²) in [4.78, 5) is 13.8. The molecule has 0 bridgehead atoms. The van der Waals surface area contributed by atoms with Crippen LogP contribution in [-0.4, -0.2) is 30.9 Å². The normalized spacial score (nSPS) is 22.5. The molecule has 0 radical (unpaired) electrons. The van der Waals surface area contributed by atoms with Gasteiger partial charge >= 0.3 is 0 Å². The highest BCUT2D eigenvalue weighted by Crippen LogP contribution is 2.25. The van der Waals surface area contributed by atoms with Gasteiger partial charge in [0.1, 0.15) is 0 Å². The summed E-state index contributed by atoms with van der Waals surface area (Å²) < 4.78 is 0. The van der Waals surface area contributed by atoms with Crippen LogP contribution in [0.4, 0.5) is 5.69 Å². The smallest absolute Gasteiger partial charge is 0.160 e. The Morgan fingerprint density at radius 1 is 1.60 bits per heavy atom. The summed E-state index contributed by atoms with van der Waals surface area (Å²) in [6.45, 7) is 4.50. The van der Waals surface area contributed by atoms with E-state index in [0.717, 1.165) is 30.2 Å². The highest BCUT2D eigenvalue weighted by atomic mass is 32.2. The summed E-state index contributed by atoms with van der Waals surface area (Å²) in [5.41, 5.74) is 1.22. The molecule has 0 aromatic carbocycles. The molecule has 0 aliphatic carbocycles. The predicted molar refractivity (Wildman–Crippen MR) is 68.4 cm³/mol. The van der Waals surface area contributed by atoms with Crippen molar-refractivity contribution in [3.05, 3.63) is 16.3 Å². The topological polar surface area (TPSA) is 20.3 Å². The fourth-order valence-electron chi connectivity index (χ4n) is 1.78. The van der Waals surface area contributed by atoms with E-state index in [2.05, 4.69) is 17.2 Å². The Balaban J connectivity index is 2.10. The van der Waals surface area contributed by atoms with Crippen molar-refractivity contribution in [3.63, 3.8) is 0 Å². The van der Waals surface area contributed by atoms with Gasteiger partial charge in [-0.3, -0.25) is 4.79 Å². The standard InChI is InChI=1S/C11H15NOS2/c1-9-5-12(2-3-14-7-9)10-4-11(6-13)15-8-10/h4,6,8-9H,2-3,5,7H2,1H3. The number of carbonyl (C=O) groups excluding carboxylic acids is 1. The lowest BCUT2D eigenvalue weighted by Crippen LogP contribution is -2.28. The number of nitrogens with zero attached hydrogens (tertiary/aromatic N) is 1. The summed E-state index contributed by atoms with van der Waals surface area (Å²) >= 11 is 3.56. The van der Waals surface area contributed by atoms with Crippen molar-refractivity contribution in [1.29, 1.82) is 0 Å². The Kier molecular flexibility index (Phi) is 3.70. The zero-order valence-electron chi connectivity index (χ0n) is 8.81. The van der Waals surface area contributed by atoms with Crippen molar-refractivity contribution < 1.29 is 4.79 Å². The van der Waals surface area contributed by atoms with Crippen LogP contribution in [0.1, 0.15) is 16.6 Å². The molecule has 1 atom stereocenters. The van der Waals surface area contributed by atoms with Crippen LogP contribution in [0.3, 0.4) is 0 Å². The largest absolute Gasteiger partial charge is 0.370 e. The molecule has 82 valence electrons. The monoisotopic (exact) mass is 241 g/mol. The van der Waals surface area contributed by atoms with Gasteiger partial charge in [0.25, 0.3) is 0 Å². The van der Waals surface area contributed by atoms with Gasteiger partial charge in [0.15, 0.2) is 6.29 Å². The molecule has 0 amide bonds. The molecule has 2 nitrogen and oxygen atoms in total. The summed E-state index contributed by atoms with van der Waals surface area (Å²) in [6, 6.07) is 2.00. The highest BCUT2D eigenvalue weighted by Gasteiger charge is 2.16. The molecule has 1 saturated heterocycles. The van der Waals surface area contributed by atoms with Gasteiger partial charge in [-0.15, -0.1) is 11.3 Å². The lowest BCUT2D eigenvalue weighted by Gasteiger charge is -2.22. The maximum absolute atomic E-state index is 10.6. The molecular formula is C11H15NOS2. The number of aldehydes is 1. The fraction of sp³-hybridized carbons (Fsp3) is 0.545. The maximum Gasteiger partial charge on any atom is 0.160 e. The summed E-state index contributed by atoms with van der Waals surface area (Å²) in [7, 11) is 0. The molecule has 1 aliphatic rings. The van der Waals surface area contributed by atoms with Gasteiger partial charge in [-0.25, -0.2) is 0 Å². The number of hydrogen-bond donors (Lipinski definition) is 0. The molecule has 1 aliphatic heterocycles. The quantitative estimate of drug-likeness (QED) is 0.743. The van der Waals surface area contributed by atoms with E-state index in [1.807, 2.05) is 17.8 Å². The molecule has 0 N–H and O–H groups in total. The van der Waals surface area contributed by atoms with E-state index >= 15 is 0 Å². The van der Waals surface area contributed by atoms with E-state index in [9.17, 15) is 4.79 Å². The van der Waals surface area contributed by atoms with E-state index in [1.54, 1.807) is 0 Å². The van der Waals surface area contributed by atoms with Crippen molar-refractivity contribution in [3.8, 4) is 0 Å². The van der Waals surface area contributed by atoms with Crippen molar-refractivity contribution >= 4 is 35.1 Å². The van der Waals surface area contributed by atoms with Crippen LogP contribution < -0.4 is 4.90 Å². The Morgan fingerprint density at radius 2 is 2.47 bits per heavy atom. The van der Waals surface area contributed by atoms with Gasteiger partial charge in [-0.1, -0.05) is 6.92 Å². The highest BCUT2D eigenvalue weighted by molar-refractivity contribution is 7.99. The number of thiophene rings is 1. The number of carbonyl (C=O) groups is 1. The van der Waals surface area contributed by atoms with Gasteiger partial charge in [0, 0.05) is 29.9 Å². The summed E-state index contributed by atoms with van der Waals surface area (Å²) in [6.07, 6.45) is 0.935. The second kappa shape index (κ2) is 5.03. The van der Waals surface area contributed by atoms with Crippen molar-refractivity contribution in [2.24, 2.45) is 5.92 Å². The summed E-state index contributed by atoms with van der Waals surface area (Å²) in [5.74, 6) is 3.18. The number of rotatable bonds is 2. The number of thioether (sulfide) groups is 1. The first-order valence-corrected chi connectivity index (χ1v) is 7.19. The third kappa shape index (κ3) is 2.75. The first-order valence-electron chi connectivity index (χ1n) is 5.16. The van der Waals surface area contributed by atoms with E-state index in [1.165, 1.54) is 28.5 Å². The van der Waals surface area contributed by atoms with Crippen LogP contribution in [0.2, 0.25) is 0 Å². The van der Waals surface area contributed by atoms with Gasteiger partial charge in [0.05, 0.1) is 4.88 Å². The average Bonchev–Trinajstić information content (AvgIpc) is 2.61. The van der Waals surface area contributed by atoms with Crippen LogP contribution in [0.25, 0.3) is 0 Å². The molecule has 15 heavy (non-hydrogen) atoms. The molecule has 2 rings (SSSR count). The number of anilines is 1. The zero-order chi connectivity index (χ0) is 10.7. The second-order valence-electron chi connectivity index (χ2n) is 3.95. The number of hydrogen-bond acceptors (Lipinski definition) is 4. The minimum Gasteiger partial charge on any atom is -0.370 e. The molecule has 1 unspecified atom stereocenters. The Hall–Kier alpha value is -0.480. The molecule has 1 aromatic heterocycles. The molecule has 2 heterocycles. The lowest BCUT2D eigenvalue weighted by molar-refractivity contribution is 0.112. The first-order chi connectivity index (χ1) is 7.29. The maximum atomic E-state index is 10.6. The molecule has 1 fully saturated rings. The van der Waals surface area contributed by atoms with Crippen molar-refractivity contribution in [2.45, 2.75) is 6.92 Å². The van der Waals surface area contributed by atoms with Gasteiger partial charge in [0.2, 0.25) is 0 Å². The van der Waals surface area contributed by atoms with Crippen molar-refractivity contribution in [1.82, 2.24) is 0 Å². The van der Waals surface area contributed by atoms with E-state index in [0.29, 0.717) is 0 Å². The lowest BCUT2D eigenvalue weighted by atomic mass is 10.2. The minimum atomic E-state index is 0.733. The minimum absolute atomic E-state index is 0.733. The van der Waals surface area contributed by atoms with Gasteiger partial charge in [-0.2, -0.15) is 11.8 Å².